The van der Waals surface area contributed by atoms with E-state index in [4.69, 9.17) is 14.2 Å². The van der Waals surface area contributed by atoms with Gasteiger partial charge in [0.05, 0.1) is 18.8 Å². The summed E-state index contributed by atoms with van der Waals surface area (Å²) in [5, 5.41) is 0. The molecule has 0 N–H and O–H groups in total. The molecule has 1 aromatic rings. The molecule has 0 spiro atoms. The molecule has 0 radical (unpaired) electrons. The number of hydrogen-bond acceptors (Lipinski definition) is 5. The maximum atomic E-state index is 14.6. The molecule has 5 nitrogen and oxygen atoms in total. The predicted octanol–water partition coefficient (Wildman–Crippen LogP) is 3.91. The average Bonchev–Trinajstić information content (AvgIpc) is 2.74. The van der Waals surface area contributed by atoms with E-state index in [-0.39, 0.29) is 11.4 Å². The van der Waals surface area contributed by atoms with E-state index in [0.717, 1.165) is 38.1 Å². The van der Waals surface area contributed by atoms with Gasteiger partial charge in [-0.3, -0.25) is 4.90 Å². The normalized spacial score (nSPS) is 35.4. The van der Waals surface area contributed by atoms with Crippen molar-refractivity contribution in [3.05, 3.63) is 29.6 Å². The lowest BCUT2D eigenvalue weighted by Gasteiger charge is -2.59. The van der Waals surface area contributed by atoms with Crippen LogP contribution in [0.5, 0.6) is 5.75 Å². The van der Waals surface area contributed by atoms with Gasteiger partial charge in [0.25, 0.3) is 0 Å². The molecule has 0 aromatic heterocycles. The number of hydrogen-bond donors (Lipinski definition) is 0. The van der Waals surface area contributed by atoms with Crippen LogP contribution in [0, 0.1) is 29.5 Å². The second-order valence-electron chi connectivity index (χ2n) is 9.83. The topological polar surface area (TPSA) is 48.0 Å². The van der Waals surface area contributed by atoms with Crippen molar-refractivity contribution in [2.75, 3.05) is 39.5 Å². The Morgan fingerprint density at radius 3 is 2.47 bits per heavy atom. The highest BCUT2D eigenvalue weighted by Gasteiger charge is 2.56. The summed E-state index contributed by atoms with van der Waals surface area (Å²) in [5.41, 5.74) is 0.00780. The van der Waals surface area contributed by atoms with E-state index >= 15 is 0 Å². The standard InChI is InChI=1S/C24H32FNO4/c1-24(19-11-16-10-17(13-19)14-20(24)12-16)30-22-15-18(2-3-21(22)25)23(27)29-9-6-26-4-7-28-8-5-26/h2-3,15-17,19-20H,4-14H2,1H3. The van der Waals surface area contributed by atoms with E-state index in [0.29, 0.717) is 30.6 Å². The number of esters is 1. The Morgan fingerprint density at radius 2 is 1.80 bits per heavy atom. The first kappa shape index (κ1) is 20.3. The second kappa shape index (κ2) is 8.12. The minimum atomic E-state index is -0.427. The summed E-state index contributed by atoms with van der Waals surface area (Å²) in [4.78, 5) is 14.7. The fraction of sp³-hybridized carbons (Fsp3) is 0.708. The van der Waals surface area contributed by atoms with Crippen molar-refractivity contribution < 1.29 is 23.4 Å². The van der Waals surface area contributed by atoms with Gasteiger partial charge in [0.1, 0.15) is 12.2 Å². The van der Waals surface area contributed by atoms with Crippen molar-refractivity contribution in [1.82, 2.24) is 4.90 Å². The Kier molecular flexibility index (Phi) is 5.48. The average molecular weight is 418 g/mol. The molecule has 6 rings (SSSR count). The zero-order chi connectivity index (χ0) is 20.7. The van der Waals surface area contributed by atoms with E-state index in [1.165, 1.54) is 50.3 Å². The van der Waals surface area contributed by atoms with Gasteiger partial charge in [-0.15, -0.1) is 0 Å². The molecule has 4 aliphatic carbocycles. The van der Waals surface area contributed by atoms with E-state index in [2.05, 4.69) is 11.8 Å². The van der Waals surface area contributed by atoms with Gasteiger partial charge in [0.15, 0.2) is 11.6 Å². The molecule has 164 valence electrons. The molecule has 30 heavy (non-hydrogen) atoms. The molecule has 1 aliphatic heterocycles. The highest BCUT2D eigenvalue weighted by molar-refractivity contribution is 5.89. The van der Waals surface area contributed by atoms with Crippen LogP contribution in [-0.2, 0) is 9.47 Å². The van der Waals surface area contributed by atoms with E-state index in [1.807, 2.05) is 0 Å². The van der Waals surface area contributed by atoms with Crippen LogP contribution in [0.1, 0.15) is 49.4 Å². The lowest BCUT2D eigenvalue weighted by molar-refractivity contribution is -0.146. The van der Waals surface area contributed by atoms with Crippen molar-refractivity contribution >= 4 is 5.97 Å². The minimum Gasteiger partial charge on any atom is -0.484 e. The smallest absolute Gasteiger partial charge is 0.338 e. The quantitative estimate of drug-likeness (QED) is 0.657. The Labute approximate surface area is 177 Å². The maximum Gasteiger partial charge on any atom is 0.338 e. The summed E-state index contributed by atoms with van der Waals surface area (Å²) in [6.45, 7) is 6.31. The molecular weight excluding hydrogens is 385 g/mol. The summed E-state index contributed by atoms with van der Waals surface area (Å²) in [5.74, 6) is 1.96. The van der Waals surface area contributed by atoms with E-state index < -0.39 is 11.8 Å². The van der Waals surface area contributed by atoms with Gasteiger partial charge in [0.2, 0.25) is 0 Å². The Morgan fingerprint density at radius 1 is 1.13 bits per heavy atom. The zero-order valence-electron chi connectivity index (χ0n) is 17.8. The number of ether oxygens (including phenoxy) is 3. The molecule has 4 bridgehead atoms. The molecule has 5 fully saturated rings. The molecule has 0 amide bonds. The van der Waals surface area contributed by atoms with Gasteiger partial charge < -0.3 is 14.2 Å². The van der Waals surface area contributed by atoms with Gasteiger partial charge in [-0.1, -0.05) is 0 Å². The van der Waals surface area contributed by atoms with Crippen molar-refractivity contribution in [1.29, 1.82) is 0 Å². The third kappa shape index (κ3) is 3.84. The van der Waals surface area contributed by atoms with Crippen molar-refractivity contribution in [2.24, 2.45) is 23.7 Å². The molecule has 6 heteroatoms. The summed E-state index contributed by atoms with van der Waals surface area (Å²) in [7, 11) is 0. The summed E-state index contributed by atoms with van der Waals surface area (Å²) in [6.07, 6.45) is 6.12. The molecule has 1 aromatic carbocycles. The fourth-order valence-electron chi connectivity index (χ4n) is 6.41. The monoisotopic (exact) mass is 417 g/mol. The molecular formula is C24H32FNO4. The van der Waals surface area contributed by atoms with E-state index in [9.17, 15) is 9.18 Å². The maximum absolute atomic E-state index is 14.6. The van der Waals surface area contributed by atoms with Crippen LogP contribution in [0.15, 0.2) is 18.2 Å². The van der Waals surface area contributed by atoms with Crippen LogP contribution in [0.4, 0.5) is 4.39 Å². The predicted molar refractivity (Wildman–Crippen MR) is 110 cm³/mol. The lowest BCUT2D eigenvalue weighted by Crippen LogP contribution is -2.59. The minimum absolute atomic E-state index is 0.188. The van der Waals surface area contributed by atoms with Crippen molar-refractivity contribution in [3.63, 3.8) is 0 Å². The highest BCUT2D eigenvalue weighted by Crippen LogP contribution is 2.59. The Balaban J connectivity index is 1.24. The van der Waals surface area contributed by atoms with Gasteiger partial charge in [-0.05, 0) is 80.9 Å². The summed E-state index contributed by atoms with van der Waals surface area (Å²) in [6, 6.07) is 4.34. The summed E-state index contributed by atoms with van der Waals surface area (Å²) >= 11 is 0. The number of benzene rings is 1. The third-order valence-corrected chi connectivity index (χ3v) is 8.00. The van der Waals surface area contributed by atoms with Crippen LogP contribution in [0.25, 0.3) is 0 Å². The lowest BCUT2D eigenvalue weighted by atomic mass is 9.50. The van der Waals surface area contributed by atoms with Crippen molar-refractivity contribution in [2.45, 2.75) is 44.6 Å². The van der Waals surface area contributed by atoms with Gasteiger partial charge in [-0.2, -0.15) is 0 Å². The largest absolute Gasteiger partial charge is 0.484 e. The molecule has 1 heterocycles. The molecule has 1 saturated heterocycles. The van der Waals surface area contributed by atoms with Crippen LogP contribution < -0.4 is 4.74 Å². The zero-order valence-corrected chi connectivity index (χ0v) is 17.8. The second-order valence-corrected chi connectivity index (χ2v) is 9.83. The third-order valence-electron chi connectivity index (χ3n) is 8.00. The number of morpholine rings is 1. The number of halogens is 1. The fourth-order valence-corrected chi connectivity index (χ4v) is 6.41. The van der Waals surface area contributed by atoms with Gasteiger partial charge in [-0.25, -0.2) is 9.18 Å². The van der Waals surface area contributed by atoms with Crippen molar-refractivity contribution in [3.8, 4) is 5.75 Å². The molecule has 0 unspecified atom stereocenters. The van der Waals surface area contributed by atoms with Crippen LogP contribution in [0.3, 0.4) is 0 Å². The Hall–Kier alpha value is -1.66. The van der Waals surface area contributed by atoms with Gasteiger partial charge >= 0.3 is 5.97 Å². The molecule has 5 aliphatic rings. The van der Waals surface area contributed by atoms with Crippen LogP contribution in [-0.4, -0.2) is 55.9 Å². The first-order chi connectivity index (χ1) is 14.5. The highest BCUT2D eigenvalue weighted by atomic mass is 19.1. The van der Waals surface area contributed by atoms with E-state index in [1.54, 1.807) is 0 Å². The van der Waals surface area contributed by atoms with Crippen LogP contribution in [0.2, 0.25) is 0 Å². The number of rotatable bonds is 6. The Bertz CT molecular complexity index is 763. The first-order valence-corrected chi connectivity index (χ1v) is 11.5. The summed E-state index contributed by atoms with van der Waals surface area (Å²) < 4.78 is 31.8. The van der Waals surface area contributed by atoms with Gasteiger partial charge in [0, 0.05) is 19.6 Å². The first-order valence-electron chi connectivity index (χ1n) is 11.5. The van der Waals surface area contributed by atoms with Crippen LogP contribution >= 0.6 is 0 Å². The molecule has 0 atom stereocenters. The molecule has 4 saturated carbocycles. The number of carbonyl (C=O) groups excluding carboxylic acids is 1. The number of carbonyl (C=O) groups is 1. The SMILES string of the molecule is CC1(Oc2cc(C(=O)OCCN3CCOCC3)ccc2F)C2CC3CC(C2)CC1C3. The number of nitrogens with zero attached hydrogens (tertiary/aromatic N) is 1.